The molecule has 0 heterocycles. The van der Waals surface area contributed by atoms with Crippen molar-refractivity contribution in [1.82, 2.24) is 0 Å². The summed E-state index contributed by atoms with van der Waals surface area (Å²) in [5.74, 6) is -1.64. The van der Waals surface area contributed by atoms with Gasteiger partial charge in [0.1, 0.15) is 0 Å². The lowest BCUT2D eigenvalue weighted by Crippen LogP contribution is -2.59. The lowest BCUT2D eigenvalue weighted by Gasteiger charge is -2.26. The van der Waals surface area contributed by atoms with Gasteiger partial charge < -0.3 is 16.4 Å². The molecule has 21 heavy (non-hydrogen) atoms. The van der Waals surface area contributed by atoms with Crippen LogP contribution in [0.4, 0.5) is 24.5 Å². The van der Waals surface area contributed by atoms with Gasteiger partial charge in [-0.15, -0.1) is 0 Å². The highest BCUT2D eigenvalue weighted by molar-refractivity contribution is 5.99. The summed E-state index contributed by atoms with van der Waals surface area (Å²) in [4.78, 5) is 22.6. The topological polar surface area (TPSA) is 84.2 Å². The van der Waals surface area contributed by atoms with Crippen LogP contribution in [0.5, 0.6) is 0 Å². The van der Waals surface area contributed by atoms with E-state index in [-0.39, 0.29) is 11.6 Å². The average molecular weight is 303 g/mol. The lowest BCUT2D eigenvalue weighted by atomic mass is 10.0. The minimum Gasteiger partial charge on any atom is -0.326 e. The molecule has 1 unspecified atom stereocenters. The number of anilines is 2. The minimum absolute atomic E-state index is 0.160. The first-order valence-corrected chi connectivity index (χ1v) is 6.00. The minimum atomic E-state index is -4.86. The van der Waals surface area contributed by atoms with Crippen LogP contribution in [-0.4, -0.2) is 23.5 Å². The van der Waals surface area contributed by atoms with E-state index in [0.717, 1.165) is 0 Å². The SMILES string of the molecule is CC(=O)Nc1ccc(NC(=O)C(C)(N)C(F)(F)F)cc1C. The summed E-state index contributed by atoms with van der Waals surface area (Å²) in [6.07, 6.45) is -4.86. The number of nitrogens with one attached hydrogen (secondary N) is 2. The number of alkyl halides is 3. The highest BCUT2D eigenvalue weighted by atomic mass is 19.4. The summed E-state index contributed by atoms with van der Waals surface area (Å²) in [6.45, 7) is 3.57. The normalized spacial score (nSPS) is 14.2. The summed E-state index contributed by atoms with van der Waals surface area (Å²) in [6, 6.07) is 4.30. The van der Waals surface area contributed by atoms with Crippen LogP contribution >= 0.6 is 0 Å². The molecule has 0 radical (unpaired) electrons. The second kappa shape index (κ2) is 5.72. The van der Waals surface area contributed by atoms with Gasteiger partial charge in [0.05, 0.1) is 0 Å². The number of halogens is 3. The Kier molecular flexibility index (Phi) is 4.62. The van der Waals surface area contributed by atoms with Gasteiger partial charge in [-0.1, -0.05) is 0 Å². The number of amides is 2. The summed E-state index contributed by atoms with van der Waals surface area (Å²) in [5.41, 5.74) is 3.29. The maximum Gasteiger partial charge on any atom is 0.415 e. The molecule has 8 heteroatoms. The maximum absolute atomic E-state index is 12.6. The van der Waals surface area contributed by atoms with Crippen molar-refractivity contribution < 1.29 is 22.8 Å². The number of nitrogens with two attached hydrogens (primary N) is 1. The third-order valence-corrected chi connectivity index (χ3v) is 2.86. The molecule has 0 aliphatic heterocycles. The molecule has 0 fully saturated rings. The Labute approximate surface area is 119 Å². The first-order chi connectivity index (χ1) is 9.45. The van der Waals surface area contributed by atoms with Gasteiger partial charge in [0.15, 0.2) is 5.54 Å². The molecular weight excluding hydrogens is 287 g/mol. The van der Waals surface area contributed by atoms with Crippen LogP contribution in [0.3, 0.4) is 0 Å². The molecule has 0 saturated carbocycles. The quantitative estimate of drug-likeness (QED) is 0.800. The molecule has 1 aromatic rings. The van der Waals surface area contributed by atoms with Gasteiger partial charge in [0, 0.05) is 18.3 Å². The largest absolute Gasteiger partial charge is 0.415 e. The molecule has 116 valence electrons. The van der Waals surface area contributed by atoms with Gasteiger partial charge in [-0.3, -0.25) is 9.59 Å². The third kappa shape index (κ3) is 3.94. The maximum atomic E-state index is 12.6. The van der Waals surface area contributed by atoms with Gasteiger partial charge >= 0.3 is 6.18 Å². The van der Waals surface area contributed by atoms with E-state index < -0.39 is 17.6 Å². The van der Waals surface area contributed by atoms with E-state index in [1.165, 1.54) is 25.1 Å². The molecule has 0 spiro atoms. The first-order valence-electron chi connectivity index (χ1n) is 6.00. The Balaban J connectivity index is 2.92. The molecular formula is C13H16F3N3O2. The zero-order chi connectivity index (χ0) is 16.4. The molecule has 0 bridgehead atoms. The van der Waals surface area contributed by atoms with Crippen LogP contribution in [0.1, 0.15) is 19.4 Å². The Morgan fingerprint density at radius 1 is 1.19 bits per heavy atom. The third-order valence-electron chi connectivity index (χ3n) is 2.86. The van der Waals surface area contributed by atoms with E-state index in [4.69, 9.17) is 5.73 Å². The number of hydrogen-bond acceptors (Lipinski definition) is 3. The van der Waals surface area contributed by atoms with E-state index in [9.17, 15) is 22.8 Å². The van der Waals surface area contributed by atoms with Crippen LogP contribution in [-0.2, 0) is 9.59 Å². The molecule has 0 aromatic heterocycles. The number of aryl methyl sites for hydroxylation is 1. The molecule has 0 aliphatic rings. The van der Waals surface area contributed by atoms with Crippen molar-refractivity contribution in [2.45, 2.75) is 32.5 Å². The number of carbonyl (C=O) groups is 2. The van der Waals surface area contributed by atoms with Gasteiger partial charge in [0.25, 0.3) is 5.91 Å². The van der Waals surface area contributed by atoms with Gasteiger partial charge in [0.2, 0.25) is 5.91 Å². The fraction of sp³-hybridized carbons (Fsp3) is 0.385. The summed E-state index contributed by atoms with van der Waals surface area (Å²) in [7, 11) is 0. The van der Waals surface area contributed by atoms with Crippen LogP contribution in [0.15, 0.2) is 18.2 Å². The van der Waals surface area contributed by atoms with Crippen molar-refractivity contribution in [2.75, 3.05) is 10.6 Å². The predicted octanol–water partition coefficient (Wildman–Crippen LogP) is 2.17. The van der Waals surface area contributed by atoms with Crippen molar-refractivity contribution in [3.05, 3.63) is 23.8 Å². The standard InChI is InChI=1S/C13H16F3N3O2/c1-7-6-9(4-5-10(7)18-8(2)20)19-11(21)12(3,17)13(14,15)16/h4-6H,17H2,1-3H3,(H,18,20)(H,19,21). The zero-order valence-corrected chi connectivity index (χ0v) is 11.8. The van der Waals surface area contributed by atoms with Crippen LogP contribution in [0, 0.1) is 6.92 Å². The molecule has 2 amide bonds. The predicted molar refractivity (Wildman–Crippen MR) is 72.8 cm³/mol. The summed E-state index contributed by atoms with van der Waals surface area (Å²) < 4.78 is 37.9. The van der Waals surface area contributed by atoms with E-state index in [1.54, 1.807) is 6.92 Å². The number of rotatable bonds is 3. The van der Waals surface area contributed by atoms with Gasteiger partial charge in [-0.2, -0.15) is 13.2 Å². The van der Waals surface area contributed by atoms with Crippen molar-refractivity contribution >= 4 is 23.2 Å². The van der Waals surface area contributed by atoms with E-state index in [0.29, 0.717) is 18.2 Å². The van der Waals surface area contributed by atoms with E-state index in [2.05, 4.69) is 10.6 Å². The van der Waals surface area contributed by atoms with Crippen LogP contribution in [0.25, 0.3) is 0 Å². The molecule has 5 nitrogen and oxygen atoms in total. The number of carbonyl (C=O) groups excluding carboxylic acids is 2. The van der Waals surface area contributed by atoms with Crippen molar-refractivity contribution in [3.63, 3.8) is 0 Å². The van der Waals surface area contributed by atoms with Gasteiger partial charge in [-0.05, 0) is 37.6 Å². The summed E-state index contributed by atoms with van der Waals surface area (Å²) >= 11 is 0. The molecule has 1 atom stereocenters. The van der Waals surface area contributed by atoms with Crippen LogP contribution in [0.2, 0.25) is 0 Å². The molecule has 4 N–H and O–H groups in total. The van der Waals surface area contributed by atoms with E-state index >= 15 is 0 Å². The van der Waals surface area contributed by atoms with Crippen molar-refractivity contribution in [3.8, 4) is 0 Å². The fourth-order valence-electron chi connectivity index (χ4n) is 1.46. The molecule has 1 aromatic carbocycles. The van der Waals surface area contributed by atoms with Gasteiger partial charge in [-0.25, -0.2) is 0 Å². The lowest BCUT2D eigenvalue weighted by molar-refractivity contribution is -0.184. The highest BCUT2D eigenvalue weighted by Crippen LogP contribution is 2.29. The van der Waals surface area contributed by atoms with Crippen molar-refractivity contribution in [1.29, 1.82) is 0 Å². The number of benzene rings is 1. The average Bonchev–Trinajstić information content (AvgIpc) is 2.30. The Bertz CT molecular complexity index is 568. The molecule has 1 rings (SSSR count). The second-order valence-electron chi connectivity index (χ2n) is 4.87. The fourth-order valence-corrected chi connectivity index (χ4v) is 1.46. The smallest absolute Gasteiger partial charge is 0.326 e. The highest BCUT2D eigenvalue weighted by Gasteiger charge is 2.53. The molecule has 0 aliphatic carbocycles. The molecule has 0 saturated heterocycles. The number of hydrogen-bond donors (Lipinski definition) is 3. The Hall–Kier alpha value is -2.09. The summed E-state index contributed by atoms with van der Waals surface area (Å²) in [5, 5.41) is 4.67. The zero-order valence-electron chi connectivity index (χ0n) is 11.8. The van der Waals surface area contributed by atoms with Crippen molar-refractivity contribution in [2.24, 2.45) is 5.73 Å². The second-order valence-corrected chi connectivity index (χ2v) is 4.87. The first kappa shape index (κ1) is 17.0. The van der Waals surface area contributed by atoms with E-state index in [1.807, 2.05) is 0 Å². The Morgan fingerprint density at radius 3 is 2.19 bits per heavy atom. The monoisotopic (exact) mass is 303 g/mol. The van der Waals surface area contributed by atoms with Crippen LogP contribution < -0.4 is 16.4 Å². The Morgan fingerprint density at radius 2 is 1.76 bits per heavy atom.